The van der Waals surface area contributed by atoms with E-state index in [1.54, 1.807) is 6.07 Å². The maximum Gasteiger partial charge on any atom is 0.245 e. The van der Waals surface area contributed by atoms with E-state index < -0.39 is 5.82 Å². The first-order valence-electron chi connectivity index (χ1n) is 7.06. The highest BCUT2D eigenvalue weighted by molar-refractivity contribution is 5.89. The standard InChI is InChI=1S/C15H19FN4O2/c1-9(2)6-14-19-15(22-20-14)8-17-11-4-5-12(16)13(7-11)18-10(3)21/h4-5,7,9,17H,6,8H2,1-3H3,(H,18,21). The molecule has 1 heterocycles. The molecule has 2 rings (SSSR count). The first kappa shape index (κ1) is 15.9. The Kier molecular flexibility index (Phi) is 5.08. The lowest BCUT2D eigenvalue weighted by Gasteiger charge is -2.08. The van der Waals surface area contributed by atoms with Crippen molar-refractivity contribution in [2.45, 2.75) is 33.7 Å². The van der Waals surface area contributed by atoms with Gasteiger partial charge in [0.25, 0.3) is 0 Å². The lowest BCUT2D eigenvalue weighted by molar-refractivity contribution is -0.114. The third kappa shape index (κ3) is 4.54. The number of anilines is 2. The van der Waals surface area contributed by atoms with Gasteiger partial charge in [-0.05, 0) is 24.1 Å². The van der Waals surface area contributed by atoms with Crippen molar-refractivity contribution in [3.63, 3.8) is 0 Å². The Morgan fingerprint density at radius 1 is 1.41 bits per heavy atom. The van der Waals surface area contributed by atoms with Crippen LogP contribution in [0.15, 0.2) is 22.7 Å². The fourth-order valence-electron chi connectivity index (χ4n) is 1.91. The second-order valence-corrected chi connectivity index (χ2v) is 5.43. The molecule has 2 aromatic rings. The van der Waals surface area contributed by atoms with Gasteiger partial charge in [0.15, 0.2) is 5.82 Å². The normalized spacial score (nSPS) is 10.8. The van der Waals surface area contributed by atoms with Gasteiger partial charge in [-0.2, -0.15) is 4.98 Å². The molecular weight excluding hydrogens is 287 g/mol. The Hall–Kier alpha value is -2.44. The van der Waals surface area contributed by atoms with Gasteiger partial charge < -0.3 is 15.2 Å². The minimum absolute atomic E-state index is 0.128. The monoisotopic (exact) mass is 306 g/mol. The van der Waals surface area contributed by atoms with Crippen LogP contribution in [-0.4, -0.2) is 16.0 Å². The molecule has 0 atom stereocenters. The summed E-state index contributed by atoms with van der Waals surface area (Å²) in [5.74, 6) is 0.769. The van der Waals surface area contributed by atoms with Crippen molar-refractivity contribution in [2.24, 2.45) is 5.92 Å². The van der Waals surface area contributed by atoms with Gasteiger partial charge in [-0.15, -0.1) is 0 Å². The summed E-state index contributed by atoms with van der Waals surface area (Å²) in [6.07, 6.45) is 0.757. The van der Waals surface area contributed by atoms with Gasteiger partial charge in [0.05, 0.1) is 12.2 Å². The van der Waals surface area contributed by atoms with Crippen LogP contribution in [0.3, 0.4) is 0 Å². The quantitative estimate of drug-likeness (QED) is 0.857. The van der Waals surface area contributed by atoms with Crippen molar-refractivity contribution < 1.29 is 13.7 Å². The number of nitrogens with one attached hydrogen (secondary N) is 2. The van der Waals surface area contributed by atoms with Gasteiger partial charge in [0.2, 0.25) is 11.8 Å². The molecule has 0 radical (unpaired) electrons. The molecule has 1 aromatic heterocycles. The predicted molar refractivity (Wildman–Crippen MR) is 80.9 cm³/mol. The minimum atomic E-state index is -0.488. The van der Waals surface area contributed by atoms with Crippen LogP contribution in [-0.2, 0) is 17.8 Å². The van der Waals surface area contributed by atoms with Crippen molar-refractivity contribution >= 4 is 17.3 Å². The lowest BCUT2D eigenvalue weighted by Crippen LogP contribution is -2.08. The van der Waals surface area contributed by atoms with E-state index in [1.165, 1.54) is 19.1 Å². The molecule has 1 aromatic carbocycles. The summed E-state index contributed by atoms with van der Waals surface area (Å²) >= 11 is 0. The summed E-state index contributed by atoms with van der Waals surface area (Å²) in [6.45, 7) is 5.82. The summed E-state index contributed by atoms with van der Waals surface area (Å²) < 4.78 is 18.7. The average molecular weight is 306 g/mol. The van der Waals surface area contributed by atoms with E-state index >= 15 is 0 Å². The van der Waals surface area contributed by atoms with E-state index in [-0.39, 0.29) is 11.6 Å². The summed E-state index contributed by atoms with van der Waals surface area (Å²) in [5, 5.41) is 9.38. The second-order valence-electron chi connectivity index (χ2n) is 5.43. The van der Waals surface area contributed by atoms with Gasteiger partial charge in [-0.25, -0.2) is 4.39 Å². The first-order chi connectivity index (χ1) is 10.4. The number of halogens is 1. The van der Waals surface area contributed by atoms with Crippen LogP contribution in [0, 0.1) is 11.7 Å². The smallest absolute Gasteiger partial charge is 0.245 e. The van der Waals surface area contributed by atoms with Gasteiger partial charge in [0.1, 0.15) is 5.82 Å². The molecule has 0 aliphatic rings. The number of benzene rings is 1. The number of carbonyl (C=O) groups is 1. The Bertz CT molecular complexity index is 655. The highest BCUT2D eigenvalue weighted by Crippen LogP contribution is 2.20. The van der Waals surface area contributed by atoms with Crippen molar-refractivity contribution in [1.29, 1.82) is 0 Å². The van der Waals surface area contributed by atoms with Crippen molar-refractivity contribution in [2.75, 3.05) is 10.6 Å². The maximum absolute atomic E-state index is 13.5. The molecule has 0 unspecified atom stereocenters. The van der Waals surface area contributed by atoms with Gasteiger partial charge in [-0.1, -0.05) is 19.0 Å². The van der Waals surface area contributed by atoms with Gasteiger partial charge in [0, 0.05) is 19.0 Å². The Balaban J connectivity index is 1.99. The lowest BCUT2D eigenvalue weighted by atomic mass is 10.1. The third-order valence-electron chi connectivity index (χ3n) is 2.82. The van der Waals surface area contributed by atoms with E-state index in [1.807, 2.05) is 0 Å². The van der Waals surface area contributed by atoms with E-state index in [4.69, 9.17) is 4.52 Å². The Labute approximate surface area is 128 Å². The summed E-state index contributed by atoms with van der Waals surface area (Å²) in [6, 6.07) is 4.37. The van der Waals surface area contributed by atoms with Crippen LogP contribution < -0.4 is 10.6 Å². The summed E-state index contributed by atoms with van der Waals surface area (Å²) in [7, 11) is 0. The van der Waals surface area contributed by atoms with Crippen molar-refractivity contribution in [3.05, 3.63) is 35.7 Å². The Morgan fingerprint density at radius 3 is 2.86 bits per heavy atom. The van der Waals surface area contributed by atoms with E-state index in [9.17, 15) is 9.18 Å². The molecular formula is C15H19FN4O2. The number of aromatic nitrogens is 2. The third-order valence-corrected chi connectivity index (χ3v) is 2.82. The van der Waals surface area contributed by atoms with Gasteiger partial charge in [-0.3, -0.25) is 4.79 Å². The van der Waals surface area contributed by atoms with Gasteiger partial charge >= 0.3 is 0 Å². The largest absolute Gasteiger partial charge is 0.376 e. The molecule has 7 heteroatoms. The molecule has 0 saturated heterocycles. The second kappa shape index (κ2) is 7.02. The molecule has 1 amide bonds. The van der Waals surface area contributed by atoms with E-state index in [0.29, 0.717) is 29.9 Å². The zero-order valence-corrected chi connectivity index (χ0v) is 12.8. The highest BCUT2D eigenvalue weighted by atomic mass is 19.1. The SMILES string of the molecule is CC(=O)Nc1cc(NCc2nc(CC(C)C)no2)ccc1F. The molecule has 0 aliphatic carbocycles. The minimum Gasteiger partial charge on any atom is -0.376 e. The maximum atomic E-state index is 13.5. The molecule has 0 fully saturated rings. The highest BCUT2D eigenvalue weighted by Gasteiger charge is 2.09. The van der Waals surface area contributed by atoms with Crippen LogP contribution >= 0.6 is 0 Å². The molecule has 0 saturated carbocycles. The fraction of sp³-hybridized carbons (Fsp3) is 0.400. The van der Waals surface area contributed by atoms with Crippen LogP contribution in [0.4, 0.5) is 15.8 Å². The molecule has 118 valence electrons. The average Bonchev–Trinajstić information content (AvgIpc) is 2.86. The molecule has 0 bridgehead atoms. The number of amides is 1. The topological polar surface area (TPSA) is 80.0 Å². The van der Waals surface area contributed by atoms with Crippen LogP contribution in [0.5, 0.6) is 0 Å². The number of hydrogen-bond donors (Lipinski definition) is 2. The molecule has 0 aliphatic heterocycles. The fourth-order valence-corrected chi connectivity index (χ4v) is 1.91. The van der Waals surface area contributed by atoms with E-state index in [2.05, 4.69) is 34.6 Å². The molecule has 6 nitrogen and oxygen atoms in total. The van der Waals surface area contributed by atoms with Crippen LogP contribution in [0.1, 0.15) is 32.5 Å². The molecule has 22 heavy (non-hydrogen) atoms. The number of hydrogen-bond acceptors (Lipinski definition) is 5. The zero-order valence-electron chi connectivity index (χ0n) is 12.8. The summed E-state index contributed by atoms with van der Waals surface area (Å²) in [4.78, 5) is 15.3. The van der Waals surface area contributed by atoms with Crippen LogP contribution in [0.25, 0.3) is 0 Å². The number of nitrogens with zero attached hydrogens (tertiary/aromatic N) is 2. The first-order valence-corrected chi connectivity index (χ1v) is 7.06. The van der Waals surface area contributed by atoms with Crippen LogP contribution in [0.2, 0.25) is 0 Å². The predicted octanol–water partition coefficient (Wildman–Crippen LogP) is 2.98. The van der Waals surface area contributed by atoms with E-state index in [0.717, 1.165) is 6.42 Å². The number of carbonyl (C=O) groups excluding carboxylic acids is 1. The van der Waals surface area contributed by atoms with Crippen molar-refractivity contribution in [1.82, 2.24) is 10.1 Å². The molecule has 0 spiro atoms. The van der Waals surface area contributed by atoms with Crippen molar-refractivity contribution in [3.8, 4) is 0 Å². The zero-order chi connectivity index (χ0) is 16.1. The molecule has 2 N–H and O–H groups in total. The Morgan fingerprint density at radius 2 is 2.18 bits per heavy atom. The summed E-state index contributed by atoms with van der Waals surface area (Å²) in [5.41, 5.74) is 0.775. The number of rotatable bonds is 6.